The summed E-state index contributed by atoms with van der Waals surface area (Å²) < 4.78 is 11.3. The SMILES string of the molecule is c1ccc(-c2nc(-c3ccc(-n4c5ccccc5c5cc6ccccc6cc54)c(-c4cccc5oc6ccccc6c45)c3)nc(-c3ccc4c(c3)c3ccccc3n4-c3ccccc3)n2)cc1. The van der Waals surface area contributed by atoms with E-state index in [9.17, 15) is 0 Å². The third-order valence-electron chi connectivity index (χ3n) is 13.3. The summed E-state index contributed by atoms with van der Waals surface area (Å²) in [5, 5.41) is 9.23. The van der Waals surface area contributed by atoms with Crippen LogP contribution in [-0.2, 0) is 0 Å². The van der Waals surface area contributed by atoms with Crippen molar-refractivity contribution in [1.82, 2.24) is 24.1 Å². The summed E-state index contributed by atoms with van der Waals surface area (Å²) >= 11 is 0. The number of hydrogen-bond acceptors (Lipinski definition) is 4. The maximum atomic E-state index is 6.52. The molecule has 4 aromatic heterocycles. The molecule has 0 aliphatic carbocycles. The summed E-state index contributed by atoms with van der Waals surface area (Å²) in [5.41, 5.74) is 13.2. The van der Waals surface area contributed by atoms with Gasteiger partial charge in [0.2, 0.25) is 0 Å². The molecule has 10 aromatic carbocycles. The Hall–Kier alpha value is -9.13. The van der Waals surface area contributed by atoms with E-state index in [-0.39, 0.29) is 0 Å². The third-order valence-corrected chi connectivity index (χ3v) is 13.3. The average molecular weight is 856 g/mol. The molecule has 4 heterocycles. The summed E-state index contributed by atoms with van der Waals surface area (Å²) in [4.78, 5) is 15.8. The molecule has 0 radical (unpaired) electrons. The number of rotatable bonds is 6. The Morgan fingerprint density at radius 3 is 1.63 bits per heavy atom. The van der Waals surface area contributed by atoms with E-state index >= 15 is 0 Å². The van der Waals surface area contributed by atoms with Gasteiger partial charge in [0.1, 0.15) is 11.2 Å². The topological polar surface area (TPSA) is 61.7 Å². The largest absolute Gasteiger partial charge is 0.456 e. The van der Waals surface area contributed by atoms with Crippen molar-refractivity contribution in [3.63, 3.8) is 0 Å². The van der Waals surface area contributed by atoms with Crippen molar-refractivity contribution in [3.05, 3.63) is 224 Å². The van der Waals surface area contributed by atoms with E-state index in [2.05, 4.69) is 203 Å². The fraction of sp³-hybridized carbons (Fsp3) is 0. The lowest BCUT2D eigenvalue weighted by atomic mass is 9.95. The van der Waals surface area contributed by atoms with Crippen LogP contribution in [0.3, 0.4) is 0 Å². The van der Waals surface area contributed by atoms with Crippen molar-refractivity contribution in [3.8, 4) is 56.7 Å². The van der Waals surface area contributed by atoms with Crippen LogP contribution in [0.4, 0.5) is 0 Å². The molecule has 0 amide bonds. The fourth-order valence-electron chi connectivity index (χ4n) is 10.3. The molecular formula is C61H37N5O. The van der Waals surface area contributed by atoms with Crippen molar-refractivity contribution < 1.29 is 4.42 Å². The van der Waals surface area contributed by atoms with E-state index in [1.54, 1.807) is 0 Å². The smallest absolute Gasteiger partial charge is 0.164 e. The van der Waals surface area contributed by atoms with Crippen LogP contribution in [0.1, 0.15) is 0 Å². The second-order valence-electron chi connectivity index (χ2n) is 17.2. The van der Waals surface area contributed by atoms with Crippen molar-refractivity contribution >= 4 is 76.3 Å². The van der Waals surface area contributed by atoms with E-state index < -0.39 is 0 Å². The van der Waals surface area contributed by atoms with Gasteiger partial charge in [-0.1, -0.05) is 140 Å². The minimum atomic E-state index is 0.584. The van der Waals surface area contributed by atoms with Crippen LogP contribution < -0.4 is 0 Å². The maximum Gasteiger partial charge on any atom is 0.164 e. The normalized spacial score (nSPS) is 11.9. The van der Waals surface area contributed by atoms with E-state index in [0.717, 1.165) is 88.6 Å². The summed E-state index contributed by atoms with van der Waals surface area (Å²) in [6.07, 6.45) is 0. The first-order valence-corrected chi connectivity index (χ1v) is 22.6. The van der Waals surface area contributed by atoms with Gasteiger partial charge in [0.25, 0.3) is 0 Å². The number of aromatic nitrogens is 5. The number of benzene rings is 10. The van der Waals surface area contributed by atoms with Gasteiger partial charge in [0.15, 0.2) is 17.5 Å². The molecule has 6 nitrogen and oxygen atoms in total. The molecule has 0 aliphatic rings. The third kappa shape index (κ3) is 5.86. The zero-order valence-corrected chi connectivity index (χ0v) is 36.0. The highest BCUT2D eigenvalue weighted by Gasteiger charge is 2.22. The predicted octanol–water partition coefficient (Wildman–Crippen LogP) is 15.8. The van der Waals surface area contributed by atoms with Crippen LogP contribution in [0, 0.1) is 0 Å². The molecule has 14 rings (SSSR count). The zero-order valence-electron chi connectivity index (χ0n) is 36.0. The lowest BCUT2D eigenvalue weighted by Gasteiger charge is -2.17. The first kappa shape index (κ1) is 37.3. The van der Waals surface area contributed by atoms with Crippen LogP contribution in [0.5, 0.6) is 0 Å². The average Bonchev–Trinajstić information content (AvgIpc) is 4.05. The van der Waals surface area contributed by atoms with Crippen molar-refractivity contribution in [2.24, 2.45) is 0 Å². The first-order chi connectivity index (χ1) is 33.2. The van der Waals surface area contributed by atoms with Gasteiger partial charge < -0.3 is 13.6 Å². The standard InChI is InChI=1S/C61H37N5O/c1-3-16-38(17-4-1)59-62-60(41-30-32-53-48(35-41)44-22-9-12-26-51(44)65(53)43-20-5-2-6-21-43)64-61(63-59)42-31-33-54(50(36-42)46-25-15-29-57-58(46)47-24-11-14-28-56(47)67-57)66-52-27-13-10-23-45(52)49-34-39-18-7-8-19-40(39)37-55(49)66/h1-37H. The highest BCUT2D eigenvalue weighted by molar-refractivity contribution is 6.16. The van der Waals surface area contributed by atoms with Gasteiger partial charge in [-0.25, -0.2) is 15.0 Å². The van der Waals surface area contributed by atoms with Gasteiger partial charge in [0.05, 0.1) is 27.8 Å². The molecule has 0 unspecified atom stereocenters. The van der Waals surface area contributed by atoms with Crippen molar-refractivity contribution in [2.45, 2.75) is 0 Å². The summed E-state index contributed by atoms with van der Waals surface area (Å²) in [6.45, 7) is 0. The Kier molecular flexibility index (Phi) is 8.18. The molecule has 0 fully saturated rings. The number of para-hydroxylation sites is 4. The molecule has 0 saturated heterocycles. The summed E-state index contributed by atoms with van der Waals surface area (Å²) in [6, 6.07) is 79.2. The van der Waals surface area contributed by atoms with Gasteiger partial charge in [-0.3, -0.25) is 0 Å². The molecule has 0 spiro atoms. The maximum absolute atomic E-state index is 6.52. The van der Waals surface area contributed by atoms with Gasteiger partial charge in [-0.15, -0.1) is 0 Å². The summed E-state index contributed by atoms with van der Waals surface area (Å²) in [5.74, 6) is 1.79. The van der Waals surface area contributed by atoms with Crippen molar-refractivity contribution in [2.75, 3.05) is 0 Å². The second kappa shape index (κ2) is 14.7. The minimum absolute atomic E-state index is 0.584. The Morgan fingerprint density at radius 1 is 0.313 bits per heavy atom. The number of hydrogen-bond donors (Lipinski definition) is 0. The molecule has 14 aromatic rings. The van der Waals surface area contributed by atoms with Crippen LogP contribution in [0.25, 0.3) is 133 Å². The van der Waals surface area contributed by atoms with Crippen LogP contribution in [0.2, 0.25) is 0 Å². The molecule has 312 valence electrons. The zero-order chi connectivity index (χ0) is 44.0. The van der Waals surface area contributed by atoms with E-state index in [4.69, 9.17) is 19.4 Å². The van der Waals surface area contributed by atoms with Crippen LogP contribution >= 0.6 is 0 Å². The van der Waals surface area contributed by atoms with Gasteiger partial charge >= 0.3 is 0 Å². The Bertz CT molecular complexity index is 4280. The molecule has 6 heteroatoms. The first-order valence-electron chi connectivity index (χ1n) is 22.6. The van der Waals surface area contributed by atoms with E-state index in [1.807, 2.05) is 30.3 Å². The fourth-order valence-corrected chi connectivity index (χ4v) is 10.3. The molecular weight excluding hydrogens is 819 g/mol. The second-order valence-corrected chi connectivity index (χ2v) is 17.2. The molecule has 0 bridgehead atoms. The van der Waals surface area contributed by atoms with Gasteiger partial charge in [0, 0.05) is 60.3 Å². The highest BCUT2D eigenvalue weighted by Crippen LogP contribution is 2.44. The van der Waals surface area contributed by atoms with Crippen LogP contribution in [-0.4, -0.2) is 24.1 Å². The van der Waals surface area contributed by atoms with E-state index in [0.29, 0.717) is 17.5 Å². The van der Waals surface area contributed by atoms with E-state index in [1.165, 1.54) is 26.9 Å². The Balaban J connectivity index is 1.03. The quantitative estimate of drug-likeness (QED) is 0.167. The predicted molar refractivity (Wildman–Crippen MR) is 275 cm³/mol. The lowest BCUT2D eigenvalue weighted by Crippen LogP contribution is -2.02. The van der Waals surface area contributed by atoms with Crippen LogP contribution in [0.15, 0.2) is 229 Å². The number of fused-ring (bicyclic) bond motifs is 10. The van der Waals surface area contributed by atoms with Gasteiger partial charge in [-0.2, -0.15) is 0 Å². The number of furan rings is 1. The lowest BCUT2D eigenvalue weighted by molar-refractivity contribution is 0.669. The molecule has 0 atom stereocenters. The molecule has 67 heavy (non-hydrogen) atoms. The summed E-state index contributed by atoms with van der Waals surface area (Å²) in [7, 11) is 0. The molecule has 0 aliphatic heterocycles. The minimum Gasteiger partial charge on any atom is -0.456 e. The Labute approximate surface area is 384 Å². The monoisotopic (exact) mass is 855 g/mol. The molecule has 0 N–H and O–H groups in total. The Morgan fingerprint density at radius 2 is 0.866 bits per heavy atom. The number of nitrogens with zero attached hydrogens (tertiary/aromatic N) is 5. The van der Waals surface area contributed by atoms with Gasteiger partial charge in [-0.05, 0) is 101 Å². The molecule has 0 saturated carbocycles. The van der Waals surface area contributed by atoms with Crippen molar-refractivity contribution in [1.29, 1.82) is 0 Å². The highest BCUT2D eigenvalue weighted by atomic mass is 16.3.